The number of Topliss-reactive ketones (excluding diaryl/α,β-unsaturated/α-hetero) is 1. The van der Waals surface area contributed by atoms with Gasteiger partial charge >= 0.3 is 0 Å². The molecule has 1 amide bonds. The van der Waals surface area contributed by atoms with Crippen molar-refractivity contribution in [2.75, 3.05) is 13.1 Å². The molecule has 0 unspecified atom stereocenters. The molecule has 1 aromatic carbocycles. The molecule has 5 heteroatoms. The fraction of sp³-hybridized carbons (Fsp3) is 0.381. The second kappa shape index (κ2) is 6.24. The summed E-state index contributed by atoms with van der Waals surface area (Å²) in [5.41, 5.74) is 3.00. The number of ketones is 1. The summed E-state index contributed by atoms with van der Waals surface area (Å²) in [5, 5.41) is 0. The van der Waals surface area contributed by atoms with Crippen molar-refractivity contribution in [2.45, 2.75) is 38.7 Å². The van der Waals surface area contributed by atoms with Crippen LogP contribution in [-0.2, 0) is 0 Å². The number of carbonyl (C=O) groups excluding carboxylic acids is 2. The largest absolute Gasteiger partial charge is 0.486 e. The quantitative estimate of drug-likeness (QED) is 0.791. The van der Waals surface area contributed by atoms with E-state index in [4.69, 9.17) is 4.74 Å². The zero-order valence-corrected chi connectivity index (χ0v) is 15.1. The van der Waals surface area contributed by atoms with Gasteiger partial charge in [0.15, 0.2) is 5.78 Å². The average Bonchev–Trinajstić information content (AvgIpc) is 2.66. The van der Waals surface area contributed by atoms with E-state index < -0.39 is 5.60 Å². The molecule has 1 spiro atoms. The monoisotopic (exact) mass is 350 g/mol. The summed E-state index contributed by atoms with van der Waals surface area (Å²) < 4.78 is 6.41. The first-order chi connectivity index (χ1) is 12.5. The van der Waals surface area contributed by atoms with Crippen molar-refractivity contribution in [3.8, 4) is 5.75 Å². The molecule has 2 aliphatic heterocycles. The van der Waals surface area contributed by atoms with Crippen molar-refractivity contribution in [2.24, 2.45) is 0 Å². The Balaban J connectivity index is 1.53. The number of carbonyl (C=O) groups is 2. The number of pyridine rings is 1. The number of amides is 1. The average molecular weight is 350 g/mol. The zero-order chi connectivity index (χ0) is 18.3. The first kappa shape index (κ1) is 16.8. The van der Waals surface area contributed by atoms with Crippen molar-refractivity contribution in [3.63, 3.8) is 0 Å². The van der Waals surface area contributed by atoms with E-state index >= 15 is 0 Å². The van der Waals surface area contributed by atoms with E-state index in [0.717, 1.165) is 16.9 Å². The summed E-state index contributed by atoms with van der Waals surface area (Å²) in [6, 6.07) is 7.31. The van der Waals surface area contributed by atoms with Crippen molar-refractivity contribution in [3.05, 3.63) is 58.9 Å². The number of hydrogen-bond donors (Lipinski definition) is 0. The molecule has 134 valence electrons. The predicted molar refractivity (Wildman–Crippen MR) is 97.6 cm³/mol. The molecule has 2 aliphatic rings. The molecular weight excluding hydrogens is 328 g/mol. The van der Waals surface area contributed by atoms with Crippen LogP contribution in [0.25, 0.3) is 0 Å². The molecule has 4 rings (SSSR count). The number of rotatable bonds is 1. The maximum Gasteiger partial charge on any atom is 0.253 e. The summed E-state index contributed by atoms with van der Waals surface area (Å²) >= 11 is 0. The van der Waals surface area contributed by atoms with E-state index in [1.165, 1.54) is 0 Å². The number of ether oxygens (including phenoxy) is 1. The molecule has 5 nitrogen and oxygen atoms in total. The molecule has 1 saturated heterocycles. The number of nitrogens with zero attached hydrogens (tertiary/aromatic N) is 2. The van der Waals surface area contributed by atoms with E-state index in [9.17, 15) is 9.59 Å². The van der Waals surface area contributed by atoms with Gasteiger partial charge in [-0.1, -0.05) is 6.07 Å². The third kappa shape index (κ3) is 2.77. The lowest BCUT2D eigenvalue weighted by Crippen LogP contribution is -2.52. The second-order valence-electron chi connectivity index (χ2n) is 7.30. The van der Waals surface area contributed by atoms with Crippen molar-refractivity contribution in [1.29, 1.82) is 0 Å². The minimum Gasteiger partial charge on any atom is -0.486 e. The summed E-state index contributed by atoms with van der Waals surface area (Å²) in [6.07, 6.45) is 4.98. The highest BCUT2D eigenvalue weighted by Gasteiger charge is 2.44. The van der Waals surface area contributed by atoms with Gasteiger partial charge in [0.05, 0.1) is 12.0 Å². The van der Waals surface area contributed by atoms with Crippen LogP contribution in [0.1, 0.15) is 51.1 Å². The topological polar surface area (TPSA) is 59.5 Å². The molecule has 0 aliphatic carbocycles. The fourth-order valence-electron chi connectivity index (χ4n) is 3.85. The Morgan fingerprint density at radius 3 is 2.50 bits per heavy atom. The predicted octanol–water partition coefficient (Wildman–Crippen LogP) is 3.34. The van der Waals surface area contributed by atoms with Gasteiger partial charge in [-0.05, 0) is 43.2 Å². The van der Waals surface area contributed by atoms with Crippen LogP contribution in [0.4, 0.5) is 0 Å². The normalized spacial score (nSPS) is 18.4. The molecule has 0 saturated carbocycles. The van der Waals surface area contributed by atoms with Gasteiger partial charge in [0, 0.05) is 43.9 Å². The van der Waals surface area contributed by atoms with Gasteiger partial charge in [0.25, 0.3) is 5.91 Å². The minimum atomic E-state index is -0.488. The first-order valence-electron chi connectivity index (χ1n) is 9.01. The highest BCUT2D eigenvalue weighted by Crippen LogP contribution is 2.41. The second-order valence-corrected chi connectivity index (χ2v) is 7.30. The zero-order valence-electron chi connectivity index (χ0n) is 15.1. The Labute approximate surface area is 153 Å². The fourth-order valence-corrected chi connectivity index (χ4v) is 3.85. The lowest BCUT2D eigenvalue weighted by molar-refractivity contribution is -0.00620. The molecule has 0 N–H and O–H groups in total. The Morgan fingerprint density at radius 2 is 1.81 bits per heavy atom. The molecule has 0 atom stereocenters. The van der Waals surface area contributed by atoms with Gasteiger partial charge in [-0.15, -0.1) is 0 Å². The van der Waals surface area contributed by atoms with Crippen molar-refractivity contribution in [1.82, 2.24) is 9.88 Å². The van der Waals surface area contributed by atoms with Gasteiger partial charge in [-0.3, -0.25) is 14.6 Å². The molecule has 26 heavy (non-hydrogen) atoms. The van der Waals surface area contributed by atoms with Gasteiger partial charge in [0.1, 0.15) is 11.4 Å². The van der Waals surface area contributed by atoms with Crippen LogP contribution in [0.2, 0.25) is 0 Å². The van der Waals surface area contributed by atoms with E-state index in [1.807, 2.05) is 30.9 Å². The Kier molecular flexibility index (Phi) is 4.02. The molecule has 2 aromatic rings. The number of hydrogen-bond acceptors (Lipinski definition) is 4. The third-order valence-corrected chi connectivity index (χ3v) is 5.67. The van der Waals surface area contributed by atoms with Crippen LogP contribution >= 0.6 is 0 Å². The van der Waals surface area contributed by atoms with E-state index in [2.05, 4.69) is 4.98 Å². The van der Waals surface area contributed by atoms with E-state index in [1.54, 1.807) is 24.5 Å². The van der Waals surface area contributed by atoms with Crippen LogP contribution in [0.15, 0.2) is 36.7 Å². The minimum absolute atomic E-state index is 0.0109. The van der Waals surface area contributed by atoms with E-state index in [-0.39, 0.29) is 11.7 Å². The third-order valence-electron chi connectivity index (χ3n) is 5.67. The van der Waals surface area contributed by atoms with Crippen LogP contribution in [-0.4, -0.2) is 40.3 Å². The van der Waals surface area contributed by atoms with Crippen LogP contribution < -0.4 is 4.74 Å². The highest BCUT2D eigenvalue weighted by atomic mass is 16.5. The molecule has 1 aromatic heterocycles. The molecule has 0 bridgehead atoms. The summed E-state index contributed by atoms with van der Waals surface area (Å²) in [7, 11) is 0. The SMILES string of the molecule is Cc1ccc2c(c1C)OC1(CCN(C(=O)c3ccncc3)CC1)CC2=O. The van der Waals surface area contributed by atoms with Gasteiger partial charge < -0.3 is 9.64 Å². The number of fused-ring (bicyclic) bond motifs is 1. The number of benzene rings is 1. The molecule has 1 fully saturated rings. The standard InChI is InChI=1S/C21H22N2O3/c1-14-3-4-17-18(24)13-21(26-19(17)15(14)2)7-11-23(12-8-21)20(25)16-5-9-22-10-6-16/h3-6,9-10H,7-8,11-13H2,1-2H3. The molecule has 0 radical (unpaired) electrons. The molecular formula is C21H22N2O3. The van der Waals surface area contributed by atoms with E-state index in [0.29, 0.717) is 43.5 Å². The van der Waals surface area contributed by atoms with Crippen LogP contribution in [0, 0.1) is 13.8 Å². The number of piperidine rings is 1. The number of aromatic nitrogens is 1. The maximum absolute atomic E-state index is 12.7. The van der Waals surface area contributed by atoms with Gasteiger partial charge in [-0.2, -0.15) is 0 Å². The highest BCUT2D eigenvalue weighted by molar-refractivity contribution is 6.01. The first-order valence-corrected chi connectivity index (χ1v) is 9.01. The van der Waals surface area contributed by atoms with Crippen molar-refractivity contribution >= 4 is 11.7 Å². The lowest BCUT2D eigenvalue weighted by Gasteiger charge is -2.44. The van der Waals surface area contributed by atoms with Crippen LogP contribution in [0.3, 0.4) is 0 Å². The Hall–Kier alpha value is -2.69. The smallest absolute Gasteiger partial charge is 0.253 e. The van der Waals surface area contributed by atoms with Crippen molar-refractivity contribution < 1.29 is 14.3 Å². The summed E-state index contributed by atoms with van der Waals surface area (Å²) in [4.78, 5) is 31.1. The molecule has 3 heterocycles. The van der Waals surface area contributed by atoms with Gasteiger partial charge in [0.2, 0.25) is 0 Å². The number of aryl methyl sites for hydroxylation is 1. The van der Waals surface area contributed by atoms with Crippen LogP contribution in [0.5, 0.6) is 5.75 Å². The summed E-state index contributed by atoms with van der Waals surface area (Å²) in [5.74, 6) is 0.884. The summed E-state index contributed by atoms with van der Waals surface area (Å²) in [6.45, 7) is 5.21. The van der Waals surface area contributed by atoms with Gasteiger partial charge in [-0.25, -0.2) is 0 Å². The number of likely N-dealkylation sites (tertiary alicyclic amines) is 1. The maximum atomic E-state index is 12.7. The Morgan fingerprint density at radius 1 is 1.12 bits per heavy atom. The lowest BCUT2D eigenvalue weighted by atomic mass is 9.81. The Bertz CT molecular complexity index is 868.